The second-order valence-corrected chi connectivity index (χ2v) is 7.60. The van der Waals surface area contributed by atoms with Crippen LogP contribution in [0, 0.1) is 5.92 Å². The van der Waals surface area contributed by atoms with Crippen LogP contribution in [0.25, 0.3) is 0 Å². The lowest BCUT2D eigenvalue weighted by Crippen LogP contribution is -2.38. The zero-order valence-corrected chi connectivity index (χ0v) is 14.9. The third-order valence-electron chi connectivity index (χ3n) is 4.72. The zero-order chi connectivity index (χ0) is 16.9. The van der Waals surface area contributed by atoms with E-state index >= 15 is 0 Å². The molecule has 0 radical (unpaired) electrons. The van der Waals surface area contributed by atoms with Crippen molar-refractivity contribution in [3.8, 4) is 0 Å². The summed E-state index contributed by atoms with van der Waals surface area (Å²) in [4.78, 5) is 29.6. The van der Waals surface area contributed by atoms with Crippen molar-refractivity contribution in [3.63, 3.8) is 0 Å². The van der Waals surface area contributed by atoms with Gasteiger partial charge in [-0.05, 0) is 39.0 Å². The quantitative estimate of drug-likeness (QED) is 0.816. The Labute approximate surface area is 146 Å². The van der Waals surface area contributed by atoms with E-state index in [4.69, 9.17) is 4.74 Å². The van der Waals surface area contributed by atoms with Crippen LogP contribution in [0.2, 0.25) is 0 Å². The van der Waals surface area contributed by atoms with Crippen molar-refractivity contribution in [1.29, 1.82) is 0 Å². The minimum absolute atomic E-state index is 0.0817. The number of thiazole rings is 1. The highest BCUT2D eigenvalue weighted by molar-refractivity contribution is 7.15. The topological polar surface area (TPSA) is 80.3 Å². The summed E-state index contributed by atoms with van der Waals surface area (Å²) in [7, 11) is 0. The van der Waals surface area contributed by atoms with Crippen molar-refractivity contribution in [1.82, 2.24) is 10.3 Å². The summed E-state index contributed by atoms with van der Waals surface area (Å²) in [6.45, 7) is 2.24. The van der Waals surface area contributed by atoms with Crippen molar-refractivity contribution in [2.75, 3.05) is 11.9 Å². The SMILES string of the molecule is CCOC(=O)C1CCc2nc(NC(=O)NC3CCCCC3)sc2C1. The number of nitrogens with zero attached hydrogens (tertiary/aromatic N) is 1. The second-order valence-electron chi connectivity index (χ2n) is 6.51. The molecule has 2 amide bonds. The van der Waals surface area contributed by atoms with Gasteiger partial charge in [-0.25, -0.2) is 9.78 Å². The van der Waals surface area contributed by atoms with Gasteiger partial charge in [-0.1, -0.05) is 19.3 Å². The van der Waals surface area contributed by atoms with Crippen LogP contribution < -0.4 is 10.6 Å². The molecule has 1 fully saturated rings. The lowest BCUT2D eigenvalue weighted by atomic mass is 9.91. The van der Waals surface area contributed by atoms with Gasteiger partial charge in [0.05, 0.1) is 18.2 Å². The van der Waals surface area contributed by atoms with E-state index in [9.17, 15) is 9.59 Å². The van der Waals surface area contributed by atoms with Crippen molar-refractivity contribution in [3.05, 3.63) is 10.6 Å². The van der Waals surface area contributed by atoms with Gasteiger partial charge in [0, 0.05) is 10.9 Å². The van der Waals surface area contributed by atoms with E-state index < -0.39 is 0 Å². The Hall–Kier alpha value is -1.63. The molecule has 0 spiro atoms. The van der Waals surface area contributed by atoms with Gasteiger partial charge in [-0.2, -0.15) is 0 Å². The molecule has 1 atom stereocenters. The molecule has 1 aromatic heterocycles. The van der Waals surface area contributed by atoms with Gasteiger partial charge in [0.25, 0.3) is 0 Å². The fraction of sp³-hybridized carbons (Fsp3) is 0.706. The maximum Gasteiger partial charge on any atom is 0.321 e. The van der Waals surface area contributed by atoms with E-state index in [1.807, 2.05) is 6.92 Å². The molecule has 2 aliphatic rings. The smallest absolute Gasteiger partial charge is 0.321 e. The summed E-state index contributed by atoms with van der Waals surface area (Å²) >= 11 is 1.47. The normalized spacial score (nSPS) is 21.0. The Morgan fingerprint density at radius 2 is 2.04 bits per heavy atom. The number of carbonyl (C=O) groups excluding carboxylic acids is 2. The van der Waals surface area contributed by atoms with Crippen molar-refractivity contribution < 1.29 is 14.3 Å². The number of rotatable bonds is 4. The molecule has 7 heteroatoms. The standard InChI is InChI=1S/C17H25N3O3S/c1-2-23-15(21)11-8-9-13-14(10-11)24-17(19-13)20-16(22)18-12-6-4-3-5-7-12/h11-12H,2-10H2,1H3,(H2,18,19,20,22). The van der Waals surface area contributed by atoms with Crippen LogP contribution in [-0.4, -0.2) is 29.6 Å². The van der Waals surface area contributed by atoms with Crippen molar-refractivity contribution in [2.45, 2.75) is 64.3 Å². The van der Waals surface area contributed by atoms with Crippen molar-refractivity contribution in [2.24, 2.45) is 5.92 Å². The Bertz CT molecular complexity index is 596. The lowest BCUT2D eigenvalue weighted by Gasteiger charge is -2.22. The first-order valence-electron chi connectivity index (χ1n) is 8.88. The van der Waals surface area contributed by atoms with E-state index in [0.717, 1.165) is 36.3 Å². The van der Waals surface area contributed by atoms with E-state index in [1.165, 1.54) is 30.6 Å². The number of hydrogen-bond donors (Lipinski definition) is 2. The molecule has 24 heavy (non-hydrogen) atoms. The number of carbonyl (C=O) groups is 2. The van der Waals surface area contributed by atoms with Crippen LogP contribution in [0.5, 0.6) is 0 Å². The fourth-order valence-corrected chi connectivity index (χ4v) is 4.54. The van der Waals surface area contributed by atoms with Gasteiger partial charge >= 0.3 is 12.0 Å². The average Bonchev–Trinajstić information content (AvgIpc) is 2.97. The maximum absolute atomic E-state index is 12.1. The molecule has 2 N–H and O–H groups in total. The highest BCUT2D eigenvalue weighted by Crippen LogP contribution is 2.33. The number of anilines is 1. The number of fused-ring (bicyclic) bond motifs is 1. The molecular formula is C17H25N3O3S. The van der Waals surface area contributed by atoms with E-state index in [2.05, 4.69) is 15.6 Å². The molecule has 1 aromatic rings. The number of ether oxygens (including phenoxy) is 1. The fourth-order valence-electron chi connectivity index (χ4n) is 3.46. The van der Waals surface area contributed by atoms with Gasteiger partial charge in [0.1, 0.15) is 0 Å². The molecule has 1 heterocycles. The summed E-state index contributed by atoms with van der Waals surface area (Å²) in [5.74, 6) is -0.206. The first-order chi connectivity index (χ1) is 11.7. The summed E-state index contributed by atoms with van der Waals surface area (Å²) in [5, 5.41) is 6.51. The number of esters is 1. The van der Waals surface area contributed by atoms with Gasteiger partial charge in [-0.3, -0.25) is 10.1 Å². The van der Waals surface area contributed by atoms with E-state index in [0.29, 0.717) is 18.2 Å². The molecule has 6 nitrogen and oxygen atoms in total. The number of aromatic nitrogens is 1. The molecule has 1 unspecified atom stereocenters. The Morgan fingerprint density at radius 1 is 1.25 bits per heavy atom. The number of urea groups is 1. The molecule has 0 bridgehead atoms. The van der Waals surface area contributed by atoms with Crippen LogP contribution in [0.3, 0.4) is 0 Å². The highest BCUT2D eigenvalue weighted by atomic mass is 32.1. The molecular weight excluding hydrogens is 326 g/mol. The first kappa shape index (κ1) is 17.2. The van der Waals surface area contributed by atoms with Crippen LogP contribution in [0.4, 0.5) is 9.93 Å². The minimum atomic E-state index is -0.171. The predicted molar refractivity (Wildman–Crippen MR) is 93.3 cm³/mol. The molecule has 1 saturated carbocycles. The lowest BCUT2D eigenvalue weighted by molar-refractivity contribution is -0.148. The van der Waals surface area contributed by atoms with Crippen LogP contribution in [0.15, 0.2) is 0 Å². The van der Waals surface area contributed by atoms with Gasteiger partial charge in [0.2, 0.25) is 0 Å². The summed E-state index contributed by atoms with van der Waals surface area (Å²) in [6.07, 6.45) is 7.95. The first-order valence-corrected chi connectivity index (χ1v) is 9.70. The van der Waals surface area contributed by atoms with Gasteiger partial charge < -0.3 is 10.1 Å². The summed E-state index contributed by atoms with van der Waals surface area (Å²) in [6, 6.07) is 0.108. The Balaban J connectivity index is 1.55. The molecule has 2 aliphatic carbocycles. The molecule has 0 saturated heterocycles. The van der Waals surface area contributed by atoms with E-state index in [1.54, 1.807) is 0 Å². The van der Waals surface area contributed by atoms with E-state index in [-0.39, 0.29) is 24.0 Å². The number of nitrogens with one attached hydrogen (secondary N) is 2. The molecule has 132 valence electrons. The van der Waals surface area contributed by atoms with Gasteiger partial charge in [0.15, 0.2) is 5.13 Å². The third-order valence-corrected chi connectivity index (χ3v) is 5.76. The number of aryl methyl sites for hydroxylation is 1. The number of hydrogen-bond acceptors (Lipinski definition) is 5. The summed E-state index contributed by atoms with van der Waals surface area (Å²) in [5.41, 5.74) is 1.01. The van der Waals surface area contributed by atoms with Crippen LogP contribution in [0.1, 0.15) is 56.0 Å². The van der Waals surface area contributed by atoms with Crippen LogP contribution in [-0.2, 0) is 22.4 Å². The largest absolute Gasteiger partial charge is 0.466 e. The predicted octanol–water partition coefficient (Wildman–Crippen LogP) is 3.27. The minimum Gasteiger partial charge on any atom is -0.466 e. The third kappa shape index (κ3) is 4.26. The average molecular weight is 351 g/mol. The second kappa shape index (κ2) is 7.96. The highest BCUT2D eigenvalue weighted by Gasteiger charge is 2.28. The monoisotopic (exact) mass is 351 g/mol. The summed E-state index contributed by atoms with van der Waals surface area (Å²) < 4.78 is 5.12. The van der Waals surface area contributed by atoms with Crippen LogP contribution >= 0.6 is 11.3 Å². The molecule has 3 rings (SSSR count). The maximum atomic E-state index is 12.1. The van der Waals surface area contributed by atoms with Crippen molar-refractivity contribution >= 4 is 28.5 Å². The Kier molecular flexibility index (Phi) is 5.71. The van der Waals surface area contributed by atoms with Gasteiger partial charge in [-0.15, -0.1) is 11.3 Å². The molecule has 0 aromatic carbocycles. The number of amides is 2. The molecule has 0 aliphatic heterocycles. The Morgan fingerprint density at radius 3 is 2.79 bits per heavy atom. The zero-order valence-electron chi connectivity index (χ0n) is 14.1.